The van der Waals surface area contributed by atoms with E-state index in [0.29, 0.717) is 23.7 Å². The molecule has 3 rings (SSSR count). The van der Waals surface area contributed by atoms with Crippen LogP contribution in [0, 0.1) is 0 Å². The Kier molecular flexibility index (Phi) is 6.91. The molecule has 7 nitrogen and oxygen atoms in total. The molecule has 0 radical (unpaired) electrons. The van der Waals surface area contributed by atoms with Crippen LogP contribution >= 0.6 is 23.6 Å². The van der Waals surface area contributed by atoms with Gasteiger partial charge in [-0.3, -0.25) is 9.52 Å². The summed E-state index contributed by atoms with van der Waals surface area (Å²) in [6.07, 6.45) is 2.45. The van der Waals surface area contributed by atoms with Crippen molar-refractivity contribution in [3.05, 3.63) is 71.7 Å². The zero-order valence-electron chi connectivity index (χ0n) is 15.2. The smallest absolute Gasteiger partial charge is 0.263 e. The van der Waals surface area contributed by atoms with Crippen molar-refractivity contribution in [3.8, 4) is 0 Å². The molecule has 0 aliphatic carbocycles. The molecule has 0 bridgehead atoms. The number of nitrogens with zero attached hydrogens (tertiary/aromatic N) is 1. The minimum absolute atomic E-state index is 0.0936. The highest BCUT2D eigenvalue weighted by atomic mass is 32.2. The topological polar surface area (TPSA) is 100 Å². The lowest BCUT2D eigenvalue weighted by Gasteiger charge is -2.10. The van der Waals surface area contributed by atoms with Crippen LogP contribution in [0.4, 0.5) is 10.8 Å². The fourth-order valence-corrected chi connectivity index (χ4v) is 4.44. The van der Waals surface area contributed by atoms with E-state index in [2.05, 4.69) is 20.3 Å². The maximum Gasteiger partial charge on any atom is 0.263 e. The third-order valence-corrected chi connectivity index (χ3v) is 6.19. The summed E-state index contributed by atoms with van der Waals surface area (Å²) in [5, 5.41) is 7.62. The Morgan fingerprint density at radius 1 is 1.07 bits per heavy atom. The number of sulfonamides is 1. The molecule has 0 unspecified atom stereocenters. The molecular formula is C19H18N4O3S3. The number of nitrogens with one attached hydrogen (secondary N) is 3. The summed E-state index contributed by atoms with van der Waals surface area (Å²) < 4.78 is 27.0. The van der Waals surface area contributed by atoms with Crippen LogP contribution in [0.2, 0.25) is 0 Å². The maximum absolute atomic E-state index is 12.3. The first-order valence-corrected chi connectivity index (χ1v) is 11.4. The molecule has 3 N–H and O–H groups in total. The lowest BCUT2D eigenvalue weighted by Crippen LogP contribution is -2.34. The van der Waals surface area contributed by atoms with Crippen LogP contribution in [0.5, 0.6) is 0 Å². The third kappa shape index (κ3) is 6.34. The van der Waals surface area contributed by atoms with Crippen molar-refractivity contribution in [1.82, 2.24) is 10.3 Å². The molecule has 0 spiro atoms. The Morgan fingerprint density at radius 2 is 1.79 bits per heavy atom. The first-order chi connectivity index (χ1) is 13.9. The summed E-state index contributed by atoms with van der Waals surface area (Å²) in [4.78, 5) is 16.0. The standard InChI is InChI=1S/C19H18N4O3S3/c24-17(11-6-14-4-2-1-3-5-14)22-18(27)21-15-7-9-16(10-8-15)29(25,26)23-19-20-12-13-28-19/h1-5,7-10,12-13H,6,11H2,(H,20,23)(H2,21,22,24,27). The van der Waals surface area contributed by atoms with Gasteiger partial charge in [-0.25, -0.2) is 13.4 Å². The van der Waals surface area contributed by atoms with Crippen LogP contribution in [0.3, 0.4) is 0 Å². The summed E-state index contributed by atoms with van der Waals surface area (Å²) >= 11 is 6.34. The molecule has 1 heterocycles. The van der Waals surface area contributed by atoms with Gasteiger partial charge in [0.05, 0.1) is 4.90 Å². The SMILES string of the molecule is O=C(CCc1ccccc1)NC(=S)Nc1ccc(S(=O)(=O)Nc2nccs2)cc1. The number of anilines is 2. The van der Waals surface area contributed by atoms with Crippen molar-refractivity contribution in [1.29, 1.82) is 0 Å². The molecule has 0 atom stereocenters. The van der Waals surface area contributed by atoms with E-state index in [4.69, 9.17) is 12.2 Å². The number of hydrogen-bond donors (Lipinski definition) is 3. The summed E-state index contributed by atoms with van der Waals surface area (Å²) in [6, 6.07) is 15.7. The molecular weight excluding hydrogens is 428 g/mol. The number of thiocarbonyl (C=S) groups is 1. The number of rotatable bonds is 7. The number of carbonyl (C=O) groups excluding carboxylic acids is 1. The van der Waals surface area contributed by atoms with E-state index in [0.717, 1.165) is 5.56 Å². The molecule has 0 saturated heterocycles. The molecule has 150 valence electrons. The Labute approximate surface area is 178 Å². The predicted octanol–water partition coefficient (Wildman–Crippen LogP) is 3.39. The quantitative estimate of drug-likeness (QED) is 0.481. The average Bonchev–Trinajstić information content (AvgIpc) is 3.20. The van der Waals surface area contributed by atoms with E-state index in [-0.39, 0.29) is 15.9 Å². The van der Waals surface area contributed by atoms with Gasteiger partial charge in [-0.1, -0.05) is 30.3 Å². The van der Waals surface area contributed by atoms with Crippen LogP contribution in [-0.2, 0) is 21.2 Å². The molecule has 0 saturated carbocycles. The molecule has 0 aliphatic rings. The van der Waals surface area contributed by atoms with Gasteiger partial charge in [-0.2, -0.15) is 0 Å². The summed E-state index contributed by atoms with van der Waals surface area (Å²) in [6.45, 7) is 0. The molecule has 0 fully saturated rings. The Morgan fingerprint density at radius 3 is 2.45 bits per heavy atom. The highest BCUT2D eigenvalue weighted by molar-refractivity contribution is 7.93. The van der Waals surface area contributed by atoms with Gasteiger partial charge >= 0.3 is 0 Å². The van der Waals surface area contributed by atoms with E-state index < -0.39 is 10.0 Å². The second-order valence-electron chi connectivity index (χ2n) is 5.96. The van der Waals surface area contributed by atoms with Crippen LogP contribution in [0.25, 0.3) is 0 Å². The highest BCUT2D eigenvalue weighted by Crippen LogP contribution is 2.19. The molecule has 0 aliphatic heterocycles. The highest BCUT2D eigenvalue weighted by Gasteiger charge is 2.15. The van der Waals surface area contributed by atoms with Crippen molar-refractivity contribution >= 4 is 55.4 Å². The molecule has 1 amide bonds. The Balaban J connectivity index is 1.51. The number of aromatic nitrogens is 1. The van der Waals surface area contributed by atoms with Gasteiger partial charge in [-0.15, -0.1) is 11.3 Å². The van der Waals surface area contributed by atoms with Gasteiger partial charge in [0.1, 0.15) is 0 Å². The fourth-order valence-electron chi connectivity index (χ4n) is 2.42. The maximum atomic E-state index is 12.3. The second-order valence-corrected chi connectivity index (χ2v) is 8.94. The summed E-state index contributed by atoms with van der Waals surface area (Å²) in [7, 11) is -3.71. The van der Waals surface area contributed by atoms with Gasteiger partial charge in [0, 0.05) is 23.7 Å². The van der Waals surface area contributed by atoms with Crippen molar-refractivity contribution in [3.63, 3.8) is 0 Å². The lowest BCUT2D eigenvalue weighted by atomic mass is 10.1. The van der Waals surface area contributed by atoms with Crippen molar-refractivity contribution < 1.29 is 13.2 Å². The van der Waals surface area contributed by atoms with Crippen LogP contribution in [-0.4, -0.2) is 24.4 Å². The minimum atomic E-state index is -3.71. The largest absolute Gasteiger partial charge is 0.332 e. The number of carbonyl (C=O) groups is 1. The monoisotopic (exact) mass is 446 g/mol. The Bertz CT molecular complexity index is 1070. The number of hydrogen-bond acceptors (Lipinski definition) is 6. The predicted molar refractivity (Wildman–Crippen MR) is 118 cm³/mol. The van der Waals surface area contributed by atoms with E-state index in [9.17, 15) is 13.2 Å². The number of thiazole rings is 1. The van der Waals surface area contributed by atoms with E-state index in [1.54, 1.807) is 17.5 Å². The van der Waals surface area contributed by atoms with Gasteiger partial charge in [-0.05, 0) is 48.5 Å². The second kappa shape index (κ2) is 9.59. The number of amides is 1. The van der Waals surface area contributed by atoms with Crippen LogP contribution < -0.4 is 15.4 Å². The first kappa shape index (κ1) is 20.9. The normalized spacial score (nSPS) is 10.9. The molecule has 10 heteroatoms. The Hall–Kier alpha value is -2.82. The fraction of sp³-hybridized carbons (Fsp3) is 0.105. The number of benzene rings is 2. The average molecular weight is 447 g/mol. The van der Waals surface area contributed by atoms with Crippen LogP contribution in [0.15, 0.2) is 71.1 Å². The molecule has 1 aromatic heterocycles. The first-order valence-electron chi connectivity index (χ1n) is 8.59. The van der Waals surface area contributed by atoms with Gasteiger partial charge in [0.2, 0.25) is 5.91 Å². The zero-order chi connectivity index (χ0) is 20.7. The minimum Gasteiger partial charge on any atom is -0.332 e. The molecule has 2 aromatic carbocycles. The van der Waals surface area contributed by atoms with Crippen LogP contribution in [0.1, 0.15) is 12.0 Å². The molecule has 29 heavy (non-hydrogen) atoms. The van der Waals surface area contributed by atoms with Crippen molar-refractivity contribution in [2.75, 3.05) is 10.0 Å². The zero-order valence-corrected chi connectivity index (χ0v) is 17.6. The third-order valence-electron chi connectivity index (χ3n) is 3.81. The van der Waals surface area contributed by atoms with E-state index in [1.165, 1.54) is 29.7 Å². The summed E-state index contributed by atoms with van der Waals surface area (Å²) in [5.41, 5.74) is 1.64. The van der Waals surface area contributed by atoms with Crippen molar-refractivity contribution in [2.24, 2.45) is 0 Å². The van der Waals surface area contributed by atoms with Gasteiger partial charge < -0.3 is 10.6 Å². The summed E-state index contributed by atoms with van der Waals surface area (Å²) in [5.74, 6) is -0.196. The molecule has 3 aromatic rings. The van der Waals surface area contributed by atoms with Gasteiger partial charge in [0.25, 0.3) is 10.0 Å². The van der Waals surface area contributed by atoms with E-state index >= 15 is 0 Å². The number of aryl methyl sites for hydroxylation is 1. The van der Waals surface area contributed by atoms with Crippen molar-refractivity contribution in [2.45, 2.75) is 17.7 Å². The lowest BCUT2D eigenvalue weighted by molar-refractivity contribution is -0.119. The van der Waals surface area contributed by atoms with Gasteiger partial charge in [0.15, 0.2) is 10.2 Å². The van der Waals surface area contributed by atoms with E-state index in [1.807, 2.05) is 30.3 Å².